The van der Waals surface area contributed by atoms with Crippen LogP contribution in [0, 0.1) is 0 Å². The van der Waals surface area contributed by atoms with Gasteiger partial charge < -0.3 is 10.6 Å². The number of pyridine rings is 1. The molecular formula is C14H17N3O. The normalized spacial score (nSPS) is 10.5. The van der Waals surface area contributed by atoms with E-state index in [0.717, 1.165) is 29.6 Å². The maximum absolute atomic E-state index is 11.8. The summed E-state index contributed by atoms with van der Waals surface area (Å²) in [4.78, 5) is 16.1. The van der Waals surface area contributed by atoms with E-state index in [9.17, 15) is 4.79 Å². The van der Waals surface area contributed by atoms with Crippen molar-refractivity contribution < 1.29 is 4.79 Å². The van der Waals surface area contributed by atoms with E-state index in [-0.39, 0.29) is 5.91 Å². The van der Waals surface area contributed by atoms with Crippen molar-refractivity contribution in [2.24, 2.45) is 0 Å². The van der Waals surface area contributed by atoms with Crippen molar-refractivity contribution in [2.45, 2.75) is 12.8 Å². The van der Waals surface area contributed by atoms with Crippen LogP contribution in [0.5, 0.6) is 0 Å². The Morgan fingerprint density at radius 2 is 2.11 bits per heavy atom. The second kappa shape index (κ2) is 6.12. The average molecular weight is 243 g/mol. The van der Waals surface area contributed by atoms with E-state index in [4.69, 9.17) is 0 Å². The van der Waals surface area contributed by atoms with Crippen LogP contribution < -0.4 is 10.6 Å². The van der Waals surface area contributed by atoms with Crippen molar-refractivity contribution in [1.29, 1.82) is 0 Å². The molecule has 0 aliphatic carbocycles. The van der Waals surface area contributed by atoms with Crippen LogP contribution in [-0.4, -0.2) is 24.5 Å². The van der Waals surface area contributed by atoms with Crippen molar-refractivity contribution >= 4 is 22.5 Å². The summed E-state index contributed by atoms with van der Waals surface area (Å²) >= 11 is 0. The first kappa shape index (κ1) is 12.5. The summed E-state index contributed by atoms with van der Waals surface area (Å²) in [6.07, 6.45) is 3.09. The molecule has 0 aliphatic rings. The minimum atomic E-state index is 0.0309. The Bertz CT molecular complexity index is 534. The van der Waals surface area contributed by atoms with Gasteiger partial charge in [-0.2, -0.15) is 0 Å². The molecule has 0 radical (unpaired) electrons. The number of aromatic nitrogens is 1. The molecule has 4 heteroatoms. The molecule has 0 spiro atoms. The van der Waals surface area contributed by atoms with Gasteiger partial charge in [-0.15, -0.1) is 0 Å². The number of fused-ring (bicyclic) bond motifs is 1. The van der Waals surface area contributed by atoms with Crippen LogP contribution in [0.1, 0.15) is 12.8 Å². The molecule has 2 N–H and O–H groups in total. The number of carbonyl (C=O) groups excluding carboxylic acids is 1. The molecule has 2 aromatic rings. The van der Waals surface area contributed by atoms with E-state index in [1.54, 1.807) is 6.20 Å². The first-order chi connectivity index (χ1) is 8.81. The highest BCUT2D eigenvalue weighted by atomic mass is 16.1. The highest BCUT2D eigenvalue weighted by Crippen LogP contribution is 2.20. The summed E-state index contributed by atoms with van der Waals surface area (Å²) in [7, 11) is 1.88. The second-order valence-electron chi connectivity index (χ2n) is 4.14. The van der Waals surface area contributed by atoms with Gasteiger partial charge in [0.1, 0.15) is 0 Å². The number of hydrogen-bond acceptors (Lipinski definition) is 3. The molecular weight excluding hydrogens is 226 g/mol. The number of rotatable bonds is 5. The summed E-state index contributed by atoms with van der Waals surface area (Å²) in [5.41, 5.74) is 1.62. The second-order valence-corrected chi connectivity index (χ2v) is 4.14. The summed E-state index contributed by atoms with van der Waals surface area (Å²) in [6.45, 7) is 0.848. The fourth-order valence-corrected chi connectivity index (χ4v) is 1.84. The van der Waals surface area contributed by atoms with E-state index in [1.165, 1.54) is 0 Å². The van der Waals surface area contributed by atoms with Gasteiger partial charge in [-0.3, -0.25) is 9.78 Å². The van der Waals surface area contributed by atoms with Crippen molar-refractivity contribution in [3.05, 3.63) is 36.5 Å². The Hall–Kier alpha value is -1.94. The number of hydrogen-bond donors (Lipinski definition) is 2. The Kier molecular flexibility index (Phi) is 4.25. The monoisotopic (exact) mass is 243 g/mol. The number of nitrogens with zero attached hydrogens (tertiary/aromatic N) is 1. The number of carbonyl (C=O) groups is 1. The van der Waals surface area contributed by atoms with Gasteiger partial charge in [-0.1, -0.05) is 18.2 Å². The molecule has 4 nitrogen and oxygen atoms in total. The minimum absolute atomic E-state index is 0.0309. The molecule has 0 fully saturated rings. The van der Waals surface area contributed by atoms with Gasteiger partial charge in [0.05, 0.1) is 11.2 Å². The Labute approximate surface area is 106 Å². The maximum Gasteiger partial charge on any atom is 0.224 e. The lowest BCUT2D eigenvalue weighted by molar-refractivity contribution is -0.116. The maximum atomic E-state index is 11.8. The number of amides is 1. The molecule has 94 valence electrons. The van der Waals surface area contributed by atoms with Gasteiger partial charge >= 0.3 is 0 Å². The first-order valence-corrected chi connectivity index (χ1v) is 6.09. The molecule has 0 saturated heterocycles. The predicted molar refractivity (Wildman–Crippen MR) is 73.5 cm³/mol. The third-order valence-corrected chi connectivity index (χ3v) is 2.74. The van der Waals surface area contributed by atoms with Gasteiger partial charge in [0.15, 0.2) is 0 Å². The molecule has 1 heterocycles. The van der Waals surface area contributed by atoms with Crippen LogP contribution >= 0.6 is 0 Å². The zero-order chi connectivity index (χ0) is 12.8. The van der Waals surface area contributed by atoms with Crippen molar-refractivity contribution in [3.63, 3.8) is 0 Å². The van der Waals surface area contributed by atoms with Crippen LogP contribution in [0.15, 0.2) is 36.5 Å². The zero-order valence-corrected chi connectivity index (χ0v) is 10.4. The molecule has 1 amide bonds. The van der Waals surface area contributed by atoms with Gasteiger partial charge in [0, 0.05) is 18.0 Å². The Morgan fingerprint density at radius 3 is 2.94 bits per heavy atom. The minimum Gasteiger partial charge on any atom is -0.324 e. The molecule has 18 heavy (non-hydrogen) atoms. The molecule has 0 saturated carbocycles. The zero-order valence-electron chi connectivity index (χ0n) is 10.4. The van der Waals surface area contributed by atoms with E-state index in [0.29, 0.717) is 6.42 Å². The summed E-state index contributed by atoms with van der Waals surface area (Å²) in [5.74, 6) is 0.0309. The lowest BCUT2D eigenvalue weighted by Gasteiger charge is -2.07. The van der Waals surface area contributed by atoms with E-state index < -0.39 is 0 Å². The molecule has 0 bridgehead atoms. The molecule has 0 unspecified atom stereocenters. The molecule has 0 aliphatic heterocycles. The van der Waals surface area contributed by atoms with Crippen LogP contribution in [0.3, 0.4) is 0 Å². The topological polar surface area (TPSA) is 54.0 Å². The molecule has 0 atom stereocenters. The van der Waals surface area contributed by atoms with Gasteiger partial charge in [-0.25, -0.2) is 0 Å². The largest absolute Gasteiger partial charge is 0.324 e. The number of para-hydroxylation sites is 1. The smallest absolute Gasteiger partial charge is 0.224 e. The van der Waals surface area contributed by atoms with Crippen LogP contribution in [0.4, 0.5) is 5.69 Å². The quantitative estimate of drug-likeness (QED) is 0.791. The SMILES string of the molecule is CNCCCC(=O)Nc1cccc2cccnc12. The van der Waals surface area contributed by atoms with Crippen LogP contribution in [0.25, 0.3) is 10.9 Å². The van der Waals surface area contributed by atoms with E-state index in [2.05, 4.69) is 15.6 Å². The molecule has 1 aromatic heterocycles. The van der Waals surface area contributed by atoms with Gasteiger partial charge in [0.25, 0.3) is 0 Å². The third-order valence-electron chi connectivity index (χ3n) is 2.74. The lowest BCUT2D eigenvalue weighted by Crippen LogP contribution is -2.15. The summed E-state index contributed by atoms with van der Waals surface area (Å²) in [5, 5.41) is 6.97. The van der Waals surface area contributed by atoms with Crippen LogP contribution in [0.2, 0.25) is 0 Å². The number of anilines is 1. The average Bonchev–Trinajstić information content (AvgIpc) is 2.39. The Balaban J connectivity index is 2.09. The first-order valence-electron chi connectivity index (χ1n) is 6.09. The fourth-order valence-electron chi connectivity index (χ4n) is 1.84. The number of benzene rings is 1. The van der Waals surface area contributed by atoms with E-state index >= 15 is 0 Å². The molecule has 1 aromatic carbocycles. The highest BCUT2D eigenvalue weighted by molar-refractivity contribution is 6.00. The lowest BCUT2D eigenvalue weighted by atomic mass is 10.2. The standard InChI is InChI=1S/C14H17N3O/c1-15-9-4-8-13(18)17-12-7-2-5-11-6-3-10-16-14(11)12/h2-3,5-7,10,15H,4,8-9H2,1H3,(H,17,18). The summed E-state index contributed by atoms with van der Waals surface area (Å²) < 4.78 is 0. The summed E-state index contributed by atoms with van der Waals surface area (Å²) in [6, 6.07) is 9.66. The molecule has 2 rings (SSSR count). The predicted octanol–water partition coefficient (Wildman–Crippen LogP) is 2.17. The van der Waals surface area contributed by atoms with Gasteiger partial charge in [-0.05, 0) is 32.1 Å². The van der Waals surface area contributed by atoms with E-state index in [1.807, 2.05) is 37.4 Å². The van der Waals surface area contributed by atoms with Crippen molar-refractivity contribution in [2.75, 3.05) is 18.9 Å². The van der Waals surface area contributed by atoms with Crippen molar-refractivity contribution in [1.82, 2.24) is 10.3 Å². The van der Waals surface area contributed by atoms with Crippen molar-refractivity contribution in [3.8, 4) is 0 Å². The van der Waals surface area contributed by atoms with Crippen LogP contribution in [-0.2, 0) is 4.79 Å². The third kappa shape index (κ3) is 3.05. The number of nitrogens with one attached hydrogen (secondary N) is 2. The highest BCUT2D eigenvalue weighted by Gasteiger charge is 2.05. The Morgan fingerprint density at radius 1 is 1.28 bits per heavy atom. The van der Waals surface area contributed by atoms with Gasteiger partial charge in [0.2, 0.25) is 5.91 Å². The fraction of sp³-hybridized carbons (Fsp3) is 0.286.